The van der Waals surface area contributed by atoms with E-state index in [-0.39, 0.29) is 6.61 Å². The predicted molar refractivity (Wildman–Crippen MR) is 63.6 cm³/mol. The molecule has 1 N–H and O–H groups in total. The molecule has 16 heavy (non-hydrogen) atoms. The Morgan fingerprint density at radius 3 is 2.38 bits per heavy atom. The third-order valence-electron chi connectivity index (χ3n) is 1.40. The van der Waals surface area contributed by atoms with Gasteiger partial charge in [0.15, 0.2) is 0 Å². The molecule has 1 amide bonds. The van der Waals surface area contributed by atoms with Gasteiger partial charge in [-0.05, 0) is 27.7 Å². The summed E-state index contributed by atoms with van der Waals surface area (Å²) in [4.78, 5) is 22.6. The molecule has 0 aromatic heterocycles. The van der Waals surface area contributed by atoms with Crippen molar-refractivity contribution in [2.75, 3.05) is 11.9 Å². The summed E-state index contributed by atoms with van der Waals surface area (Å²) in [5.74, 6) is -0.483. The van der Waals surface area contributed by atoms with E-state index in [1.54, 1.807) is 27.7 Å². The standard InChI is InChI=1S/C10H18BrNO4/c1-7(8(13)16-10(2,3)4)12-9(14)15-6-5-11/h7H,5-6H2,1-4H3,(H,12,14)/t7-/m0/s1. The van der Waals surface area contributed by atoms with Crippen molar-refractivity contribution in [2.45, 2.75) is 39.3 Å². The summed E-state index contributed by atoms with van der Waals surface area (Å²) in [5, 5.41) is 2.94. The number of alkyl carbamates (subject to hydrolysis) is 1. The Labute approximate surface area is 104 Å². The average Bonchev–Trinajstić information content (AvgIpc) is 2.11. The first kappa shape index (κ1) is 15.2. The van der Waals surface area contributed by atoms with Crippen molar-refractivity contribution in [2.24, 2.45) is 0 Å². The maximum atomic E-state index is 11.5. The monoisotopic (exact) mass is 295 g/mol. The quantitative estimate of drug-likeness (QED) is 0.635. The molecular weight excluding hydrogens is 278 g/mol. The zero-order chi connectivity index (χ0) is 12.8. The minimum absolute atomic E-state index is 0.257. The third kappa shape index (κ3) is 7.50. The molecule has 0 aliphatic rings. The van der Waals surface area contributed by atoms with Crippen LogP contribution in [0.15, 0.2) is 0 Å². The van der Waals surface area contributed by atoms with Crippen molar-refractivity contribution >= 4 is 28.0 Å². The van der Waals surface area contributed by atoms with Crippen LogP contribution in [0.25, 0.3) is 0 Å². The van der Waals surface area contributed by atoms with Gasteiger partial charge in [-0.3, -0.25) is 0 Å². The molecule has 0 fully saturated rings. The van der Waals surface area contributed by atoms with E-state index in [0.717, 1.165) is 0 Å². The van der Waals surface area contributed by atoms with Crippen molar-refractivity contribution in [3.63, 3.8) is 0 Å². The Morgan fingerprint density at radius 2 is 1.94 bits per heavy atom. The van der Waals surface area contributed by atoms with Gasteiger partial charge in [0.05, 0.1) is 0 Å². The number of esters is 1. The highest BCUT2D eigenvalue weighted by atomic mass is 79.9. The van der Waals surface area contributed by atoms with Crippen molar-refractivity contribution in [1.82, 2.24) is 5.32 Å². The largest absolute Gasteiger partial charge is 0.458 e. The van der Waals surface area contributed by atoms with E-state index >= 15 is 0 Å². The molecule has 0 aliphatic heterocycles. The molecule has 0 spiro atoms. The molecule has 5 nitrogen and oxygen atoms in total. The Bertz CT molecular complexity index is 250. The van der Waals surface area contributed by atoms with Crippen LogP contribution in [-0.4, -0.2) is 35.6 Å². The molecule has 1 atom stereocenters. The lowest BCUT2D eigenvalue weighted by Crippen LogP contribution is -2.42. The maximum absolute atomic E-state index is 11.5. The van der Waals surface area contributed by atoms with E-state index in [1.165, 1.54) is 0 Å². The topological polar surface area (TPSA) is 64.6 Å². The van der Waals surface area contributed by atoms with Gasteiger partial charge in [-0.2, -0.15) is 0 Å². The van der Waals surface area contributed by atoms with Crippen LogP contribution in [0.1, 0.15) is 27.7 Å². The minimum Gasteiger partial charge on any atom is -0.458 e. The van der Waals surface area contributed by atoms with Crippen LogP contribution in [0.3, 0.4) is 0 Å². The number of hydrogen-bond acceptors (Lipinski definition) is 4. The fraction of sp³-hybridized carbons (Fsp3) is 0.800. The normalized spacial score (nSPS) is 12.8. The number of amides is 1. The summed E-state index contributed by atoms with van der Waals surface area (Å²) < 4.78 is 9.82. The highest BCUT2D eigenvalue weighted by molar-refractivity contribution is 9.09. The summed E-state index contributed by atoms with van der Waals surface area (Å²) in [6.45, 7) is 7.10. The SMILES string of the molecule is C[C@H](NC(=O)OCCBr)C(=O)OC(C)(C)C. The van der Waals surface area contributed by atoms with Crippen molar-refractivity contribution in [1.29, 1.82) is 0 Å². The number of hydrogen-bond donors (Lipinski definition) is 1. The fourth-order valence-corrected chi connectivity index (χ4v) is 0.961. The second-order valence-corrected chi connectivity index (χ2v) is 5.02. The summed E-state index contributed by atoms with van der Waals surface area (Å²) in [6.07, 6.45) is -0.627. The molecule has 0 unspecified atom stereocenters. The van der Waals surface area contributed by atoms with Crippen LogP contribution in [0.2, 0.25) is 0 Å². The first-order chi connectivity index (χ1) is 7.26. The zero-order valence-corrected chi connectivity index (χ0v) is 11.6. The molecule has 6 heteroatoms. The predicted octanol–water partition coefficient (Wildman–Crippen LogP) is 1.84. The highest BCUT2D eigenvalue weighted by Crippen LogP contribution is 2.08. The molecule has 0 saturated heterocycles. The van der Waals surface area contributed by atoms with Gasteiger partial charge < -0.3 is 14.8 Å². The van der Waals surface area contributed by atoms with Gasteiger partial charge in [-0.25, -0.2) is 9.59 Å². The average molecular weight is 296 g/mol. The second-order valence-electron chi connectivity index (χ2n) is 4.22. The number of carbonyl (C=O) groups excluding carboxylic acids is 2. The molecule has 94 valence electrons. The fourth-order valence-electron chi connectivity index (χ4n) is 0.799. The van der Waals surface area contributed by atoms with Crippen molar-refractivity contribution in [3.8, 4) is 0 Å². The van der Waals surface area contributed by atoms with Crippen LogP contribution >= 0.6 is 15.9 Å². The van der Waals surface area contributed by atoms with E-state index in [1.807, 2.05) is 0 Å². The maximum Gasteiger partial charge on any atom is 0.407 e. The zero-order valence-electron chi connectivity index (χ0n) is 10.0. The lowest BCUT2D eigenvalue weighted by atomic mass is 10.2. The Balaban J connectivity index is 4.01. The van der Waals surface area contributed by atoms with Gasteiger partial charge in [0, 0.05) is 5.33 Å². The van der Waals surface area contributed by atoms with Crippen LogP contribution in [0.5, 0.6) is 0 Å². The summed E-state index contributed by atoms with van der Waals surface area (Å²) in [7, 11) is 0. The smallest absolute Gasteiger partial charge is 0.407 e. The van der Waals surface area contributed by atoms with E-state index in [4.69, 9.17) is 9.47 Å². The second kappa shape index (κ2) is 6.73. The molecular formula is C10H18BrNO4. The van der Waals surface area contributed by atoms with Gasteiger partial charge in [0.25, 0.3) is 0 Å². The number of rotatable bonds is 4. The summed E-state index contributed by atoms with van der Waals surface area (Å²) in [5.41, 5.74) is -0.563. The first-order valence-electron chi connectivity index (χ1n) is 4.98. The number of carbonyl (C=O) groups is 2. The lowest BCUT2D eigenvalue weighted by molar-refractivity contribution is -0.156. The number of halogens is 1. The van der Waals surface area contributed by atoms with E-state index in [9.17, 15) is 9.59 Å². The van der Waals surface area contributed by atoms with E-state index in [0.29, 0.717) is 5.33 Å². The van der Waals surface area contributed by atoms with Crippen molar-refractivity contribution < 1.29 is 19.1 Å². The van der Waals surface area contributed by atoms with E-state index < -0.39 is 23.7 Å². The Morgan fingerprint density at radius 1 is 1.38 bits per heavy atom. The Hall–Kier alpha value is -0.780. The highest BCUT2D eigenvalue weighted by Gasteiger charge is 2.23. The van der Waals surface area contributed by atoms with Crippen LogP contribution in [-0.2, 0) is 14.3 Å². The minimum atomic E-state index is -0.720. The van der Waals surface area contributed by atoms with Crippen LogP contribution in [0.4, 0.5) is 4.79 Å². The molecule has 0 heterocycles. The number of nitrogens with one attached hydrogen (secondary N) is 1. The molecule has 0 radical (unpaired) electrons. The lowest BCUT2D eigenvalue weighted by Gasteiger charge is -2.22. The third-order valence-corrected chi connectivity index (χ3v) is 1.73. The van der Waals surface area contributed by atoms with E-state index in [2.05, 4.69) is 21.2 Å². The van der Waals surface area contributed by atoms with Gasteiger partial charge in [0.2, 0.25) is 0 Å². The summed E-state index contributed by atoms with van der Waals surface area (Å²) >= 11 is 3.12. The van der Waals surface area contributed by atoms with Gasteiger partial charge in [0.1, 0.15) is 18.2 Å². The molecule has 0 aromatic carbocycles. The van der Waals surface area contributed by atoms with Crippen LogP contribution < -0.4 is 5.32 Å². The number of alkyl halides is 1. The first-order valence-corrected chi connectivity index (χ1v) is 6.10. The molecule has 0 aliphatic carbocycles. The van der Waals surface area contributed by atoms with Crippen molar-refractivity contribution in [3.05, 3.63) is 0 Å². The molecule has 0 saturated carbocycles. The number of ether oxygens (including phenoxy) is 2. The van der Waals surface area contributed by atoms with Gasteiger partial charge >= 0.3 is 12.1 Å². The molecule has 0 rings (SSSR count). The molecule has 0 bridgehead atoms. The van der Waals surface area contributed by atoms with Crippen LogP contribution in [0, 0.1) is 0 Å². The van der Waals surface area contributed by atoms with Gasteiger partial charge in [-0.1, -0.05) is 15.9 Å². The Kier molecular flexibility index (Phi) is 6.40. The summed E-state index contributed by atoms with van der Waals surface area (Å²) in [6, 6.07) is -0.720. The van der Waals surface area contributed by atoms with Gasteiger partial charge in [-0.15, -0.1) is 0 Å². The molecule has 0 aromatic rings.